The Morgan fingerprint density at radius 1 is 1.43 bits per heavy atom. The van der Waals surface area contributed by atoms with E-state index in [1.807, 2.05) is 19.3 Å². The van der Waals surface area contributed by atoms with E-state index in [9.17, 15) is 0 Å². The minimum atomic E-state index is 0.471. The maximum atomic E-state index is 5.96. The number of nitrogen functional groups attached to an aromatic ring is 1. The minimum Gasteiger partial charge on any atom is -0.397 e. The number of nitrogens with one attached hydrogen (secondary N) is 1. The number of H-pyrrole nitrogens is 1. The van der Waals surface area contributed by atoms with Gasteiger partial charge in [0.25, 0.3) is 0 Å². The normalized spacial score (nSPS) is 11.4. The summed E-state index contributed by atoms with van der Waals surface area (Å²) < 4.78 is 0. The van der Waals surface area contributed by atoms with Gasteiger partial charge in [-0.1, -0.05) is 13.8 Å². The summed E-state index contributed by atoms with van der Waals surface area (Å²) >= 11 is 0. The van der Waals surface area contributed by atoms with Crippen LogP contribution in [0.5, 0.6) is 0 Å². The Hall–Kier alpha value is -1.51. The number of aryl methyl sites for hydroxylation is 1. The van der Waals surface area contributed by atoms with Crippen molar-refractivity contribution in [3.63, 3.8) is 0 Å². The summed E-state index contributed by atoms with van der Waals surface area (Å²) in [7, 11) is 0. The first-order valence-corrected chi connectivity index (χ1v) is 4.83. The zero-order valence-electron chi connectivity index (χ0n) is 8.76. The second kappa shape index (κ2) is 3.01. The number of anilines is 1. The molecule has 0 aliphatic heterocycles. The van der Waals surface area contributed by atoms with E-state index >= 15 is 0 Å². The predicted molar refractivity (Wildman–Crippen MR) is 59.3 cm³/mol. The fourth-order valence-corrected chi connectivity index (χ4v) is 1.64. The number of hydrogen-bond donors (Lipinski definition) is 2. The van der Waals surface area contributed by atoms with Crippen LogP contribution in [-0.4, -0.2) is 9.97 Å². The second-order valence-electron chi connectivity index (χ2n) is 3.98. The number of nitrogens with two attached hydrogens (primary N) is 1. The van der Waals surface area contributed by atoms with Crippen molar-refractivity contribution in [2.24, 2.45) is 0 Å². The maximum absolute atomic E-state index is 5.96. The largest absolute Gasteiger partial charge is 0.397 e. The van der Waals surface area contributed by atoms with Crippen LogP contribution in [0.15, 0.2) is 12.4 Å². The molecule has 0 amide bonds. The molecule has 0 aromatic carbocycles. The Bertz CT molecular complexity index is 469. The Balaban J connectivity index is 2.77. The number of hydrogen-bond acceptors (Lipinski definition) is 2. The van der Waals surface area contributed by atoms with Crippen LogP contribution >= 0.6 is 0 Å². The van der Waals surface area contributed by atoms with Crippen LogP contribution in [0.4, 0.5) is 5.69 Å². The first-order valence-electron chi connectivity index (χ1n) is 4.83. The lowest BCUT2D eigenvalue weighted by Gasteiger charge is -2.03. The Morgan fingerprint density at radius 2 is 2.14 bits per heavy atom. The molecule has 74 valence electrons. The fourth-order valence-electron chi connectivity index (χ4n) is 1.64. The molecular weight excluding hydrogens is 174 g/mol. The van der Waals surface area contributed by atoms with Gasteiger partial charge in [-0.05, 0) is 24.0 Å². The molecule has 0 fully saturated rings. The molecule has 2 heterocycles. The Labute approximate surface area is 83.3 Å². The summed E-state index contributed by atoms with van der Waals surface area (Å²) in [6, 6.07) is 0. The van der Waals surface area contributed by atoms with Gasteiger partial charge in [-0.15, -0.1) is 0 Å². The zero-order valence-corrected chi connectivity index (χ0v) is 8.76. The highest BCUT2D eigenvalue weighted by Crippen LogP contribution is 2.27. The molecule has 0 aliphatic carbocycles. The van der Waals surface area contributed by atoms with Gasteiger partial charge < -0.3 is 10.7 Å². The molecule has 0 bridgehead atoms. The van der Waals surface area contributed by atoms with Crippen molar-refractivity contribution >= 4 is 16.7 Å². The SMILES string of the molecule is Cc1cnc2c(C(C)C)c[nH]c2c1N. The van der Waals surface area contributed by atoms with E-state index in [1.165, 1.54) is 5.56 Å². The van der Waals surface area contributed by atoms with Crippen LogP contribution in [0.3, 0.4) is 0 Å². The average molecular weight is 189 g/mol. The van der Waals surface area contributed by atoms with Gasteiger partial charge in [-0.2, -0.15) is 0 Å². The third kappa shape index (κ3) is 1.16. The van der Waals surface area contributed by atoms with Crippen molar-refractivity contribution in [1.29, 1.82) is 0 Å². The van der Waals surface area contributed by atoms with Crippen molar-refractivity contribution < 1.29 is 0 Å². The van der Waals surface area contributed by atoms with Crippen LogP contribution in [0.1, 0.15) is 30.9 Å². The van der Waals surface area contributed by atoms with Gasteiger partial charge in [0.2, 0.25) is 0 Å². The molecular formula is C11H15N3. The molecule has 0 radical (unpaired) electrons. The van der Waals surface area contributed by atoms with E-state index in [0.717, 1.165) is 22.3 Å². The molecule has 0 spiro atoms. The van der Waals surface area contributed by atoms with Crippen molar-refractivity contribution in [2.75, 3.05) is 5.73 Å². The molecule has 0 unspecified atom stereocenters. The van der Waals surface area contributed by atoms with Crippen molar-refractivity contribution in [2.45, 2.75) is 26.7 Å². The Morgan fingerprint density at radius 3 is 2.79 bits per heavy atom. The van der Waals surface area contributed by atoms with Crippen LogP contribution in [0, 0.1) is 6.92 Å². The quantitative estimate of drug-likeness (QED) is 0.724. The van der Waals surface area contributed by atoms with Gasteiger partial charge in [0.05, 0.1) is 16.7 Å². The molecule has 0 aliphatic rings. The molecule has 14 heavy (non-hydrogen) atoms. The van der Waals surface area contributed by atoms with Crippen molar-refractivity contribution in [3.05, 3.63) is 23.5 Å². The molecule has 2 aromatic rings. The van der Waals surface area contributed by atoms with Gasteiger partial charge in [-0.3, -0.25) is 4.98 Å². The molecule has 0 saturated heterocycles. The lowest BCUT2D eigenvalue weighted by atomic mass is 10.1. The number of pyridine rings is 1. The predicted octanol–water partition coefficient (Wildman–Crippen LogP) is 2.58. The Kier molecular flexibility index (Phi) is 1.95. The van der Waals surface area contributed by atoms with Crippen molar-refractivity contribution in [1.82, 2.24) is 9.97 Å². The standard InChI is InChI=1S/C11H15N3/c1-6(2)8-5-14-11-9(12)7(3)4-13-10(8)11/h4-6,14H,1-3H3,(H2,12,13). The van der Waals surface area contributed by atoms with Crippen LogP contribution in [0.25, 0.3) is 11.0 Å². The summed E-state index contributed by atoms with van der Waals surface area (Å²) in [5, 5.41) is 0. The molecule has 2 rings (SSSR count). The van der Waals surface area contributed by atoms with Gasteiger partial charge in [0.15, 0.2) is 0 Å². The maximum Gasteiger partial charge on any atom is 0.0934 e. The summed E-state index contributed by atoms with van der Waals surface area (Å²) in [6.45, 7) is 6.28. The third-order valence-corrected chi connectivity index (χ3v) is 2.59. The number of nitrogens with zero attached hydrogens (tertiary/aromatic N) is 1. The van der Waals surface area contributed by atoms with Gasteiger partial charge in [0.1, 0.15) is 0 Å². The zero-order chi connectivity index (χ0) is 10.3. The topological polar surface area (TPSA) is 54.7 Å². The number of fused-ring (bicyclic) bond motifs is 1. The molecule has 2 aromatic heterocycles. The molecule has 0 atom stereocenters. The van der Waals surface area contributed by atoms with E-state index in [0.29, 0.717) is 5.92 Å². The summed E-state index contributed by atoms with van der Waals surface area (Å²) in [6.07, 6.45) is 3.83. The molecule has 3 heteroatoms. The third-order valence-electron chi connectivity index (χ3n) is 2.59. The van der Waals surface area contributed by atoms with Crippen LogP contribution in [-0.2, 0) is 0 Å². The molecule has 3 N–H and O–H groups in total. The van der Waals surface area contributed by atoms with E-state index in [2.05, 4.69) is 23.8 Å². The minimum absolute atomic E-state index is 0.471. The summed E-state index contributed by atoms with van der Waals surface area (Å²) in [5.41, 5.74) is 11.0. The first kappa shape index (κ1) is 9.06. The van der Waals surface area contributed by atoms with Gasteiger partial charge in [-0.25, -0.2) is 0 Å². The number of rotatable bonds is 1. The second-order valence-corrected chi connectivity index (χ2v) is 3.98. The van der Waals surface area contributed by atoms with E-state index < -0.39 is 0 Å². The van der Waals surface area contributed by atoms with E-state index in [1.54, 1.807) is 0 Å². The van der Waals surface area contributed by atoms with Crippen LogP contribution < -0.4 is 5.73 Å². The highest BCUT2D eigenvalue weighted by Gasteiger charge is 2.11. The monoisotopic (exact) mass is 189 g/mol. The van der Waals surface area contributed by atoms with Gasteiger partial charge in [0, 0.05) is 12.4 Å². The lowest BCUT2D eigenvalue weighted by Crippen LogP contribution is -1.93. The van der Waals surface area contributed by atoms with Crippen LogP contribution in [0.2, 0.25) is 0 Å². The smallest absolute Gasteiger partial charge is 0.0934 e. The van der Waals surface area contributed by atoms with E-state index in [-0.39, 0.29) is 0 Å². The van der Waals surface area contributed by atoms with Gasteiger partial charge >= 0.3 is 0 Å². The fraction of sp³-hybridized carbons (Fsp3) is 0.364. The molecule has 3 nitrogen and oxygen atoms in total. The summed E-state index contributed by atoms with van der Waals surface area (Å²) in [5.74, 6) is 0.471. The molecule has 0 saturated carbocycles. The van der Waals surface area contributed by atoms with Crippen molar-refractivity contribution in [3.8, 4) is 0 Å². The lowest BCUT2D eigenvalue weighted by molar-refractivity contribution is 0.872. The first-order chi connectivity index (χ1) is 6.61. The number of aromatic nitrogens is 2. The average Bonchev–Trinajstić information content (AvgIpc) is 2.55. The van der Waals surface area contributed by atoms with E-state index in [4.69, 9.17) is 5.73 Å². The number of aromatic amines is 1. The summed E-state index contributed by atoms with van der Waals surface area (Å²) in [4.78, 5) is 7.60. The highest BCUT2D eigenvalue weighted by molar-refractivity contribution is 5.90. The highest BCUT2D eigenvalue weighted by atomic mass is 14.8.